The van der Waals surface area contributed by atoms with Crippen LogP contribution in [0.5, 0.6) is 5.75 Å². The van der Waals surface area contributed by atoms with E-state index in [1.54, 1.807) is 6.07 Å². The Hall–Kier alpha value is -2.33. The van der Waals surface area contributed by atoms with Crippen molar-refractivity contribution in [3.63, 3.8) is 0 Å². The molecule has 0 saturated heterocycles. The number of rotatable bonds is 6. The van der Waals surface area contributed by atoms with E-state index in [4.69, 9.17) is 5.11 Å². The molecule has 0 aliphatic carbocycles. The molecule has 2 aromatic rings. The Bertz CT molecular complexity index is 675. The molecule has 26 heavy (non-hydrogen) atoms. The lowest BCUT2D eigenvalue weighted by Crippen LogP contribution is -2.29. The second-order valence-corrected chi connectivity index (χ2v) is 6.93. The number of carbonyl (C=O) groups is 1. The highest BCUT2D eigenvalue weighted by atomic mass is 16.4. The van der Waals surface area contributed by atoms with E-state index >= 15 is 0 Å². The molecule has 0 fully saturated rings. The average molecular weight is 357 g/mol. The van der Waals surface area contributed by atoms with Gasteiger partial charge in [0.1, 0.15) is 5.75 Å². The van der Waals surface area contributed by atoms with Crippen LogP contribution in [0.15, 0.2) is 48.5 Å². The molecule has 142 valence electrons. The van der Waals surface area contributed by atoms with Gasteiger partial charge in [-0.1, -0.05) is 65.0 Å². The fourth-order valence-electron chi connectivity index (χ4n) is 2.95. The largest absolute Gasteiger partial charge is 0.508 e. The van der Waals surface area contributed by atoms with E-state index < -0.39 is 5.97 Å². The zero-order valence-electron chi connectivity index (χ0n) is 16.4. The number of carboxylic acid groups (broad SMARTS) is 1. The minimum Gasteiger partial charge on any atom is -0.508 e. The minimum absolute atomic E-state index is 0.000463. The van der Waals surface area contributed by atoms with Crippen LogP contribution in [0, 0.1) is 0 Å². The maximum atomic E-state index is 11.0. The first-order valence-electron chi connectivity index (χ1n) is 9.13. The summed E-state index contributed by atoms with van der Waals surface area (Å²) < 4.78 is 0. The van der Waals surface area contributed by atoms with Crippen LogP contribution in [0.3, 0.4) is 0 Å². The predicted octanol–water partition coefficient (Wildman–Crippen LogP) is 5.03. The molecule has 0 heterocycles. The van der Waals surface area contributed by atoms with Crippen molar-refractivity contribution in [2.45, 2.75) is 59.0 Å². The van der Waals surface area contributed by atoms with E-state index in [1.165, 1.54) is 12.1 Å². The smallest absolute Gasteiger partial charge is 0.335 e. The normalized spacial score (nSPS) is 11.8. The predicted molar refractivity (Wildman–Crippen MR) is 107 cm³/mol. The summed E-state index contributed by atoms with van der Waals surface area (Å²) in [5, 5.41) is 22.3. The summed E-state index contributed by atoms with van der Waals surface area (Å²) in [7, 11) is 0. The van der Waals surface area contributed by atoms with E-state index in [0.717, 1.165) is 12.0 Å². The van der Waals surface area contributed by atoms with E-state index in [0.29, 0.717) is 17.6 Å². The SMILES string of the molecule is CC(C)NC(C)C.CC[C@H](c1ccccc1)c1cc(C(=O)O)ccc1O. The van der Waals surface area contributed by atoms with Gasteiger partial charge in [0.25, 0.3) is 0 Å². The van der Waals surface area contributed by atoms with Crippen molar-refractivity contribution in [1.82, 2.24) is 5.32 Å². The molecule has 0 bridgehead atoms. The molecule has 0 unspecified atom stereocenters. The number of benzene rings is 2. The molecular formula is C22H31NO3. The molecule has 0 aliphatic rings. The van der Waals surface area contributed by atoms with Gasteiger partial charge in [-0.05, 0) is 30.2 Å². The summed E-state index contributed by atoms with van der Waals surface area (Å²) in [5.74, 6) is -0.842. The third-order valence-electron chi connectivity index (χ3n) is 3.93. The minimum atomic E-state index is -0.982. The highest BCUT2D eigenvalue weighted by Crippen LogP contribution is 2.34. The van der Waals surface area contributed by atoms with Crippen LogP contribution in [0.1, 0.15) is 68.4 Å². The lowest BCUT2D eigenvalue weighted by molar-refractivity contribution is 0.0696. The van der Waals surface area contributed by atoms with Gasteiger partial charge in [0.15, 0.2) is 0 Å². The van der Waals surface area contributed by atoms with Gasteiger partial charge in [-0.25, -0.2) is 4.79 Å². The Morgan fingerprint density at radius 2 is 1.58 bits per heavy atom. The Morgan fingerprint density at radius 3 is 2.00 bits per heavy atom. The van der Waals surface area contributed by atoms with Crippen molar-refractivity contribution in [2.75, 3.05) is 0 Å². The summed E-state index contributed by atoms with van der Waals surface area (Å²) in [5.41, 5.74) is 1.93. The highest BCUT2D eigenvalue weighted by molar-refractivity contribution is 5.88. The van der Waals surface area contributed by atoms with Gasteiger partial charge in [0, 0.05) is 23.6 Å². The number of hydrogen-bond donors (Lipinski definition) is 3. The lowest BCUT2D eigenvalue weighted by Gasteiger charge is -2.17. The molecular weight excluding hydrogens is 326 g/mol. The van der Waals surface area contributed by atoms with Crippen molar-refractivity contribution in [3.05, 3.63) is 65.2 Å². The van der Waals surface area contributed by atoms with E-state index in [1.807, 2.05) is 37.3 Å². The average Bonchev–Trinajstić information content (AvgIpc) is 2.57. The molecule has 2 rings (SSSR count). The van der Waals surface area contributed by atoms with Crippen molar-refractivity contribution in [3.8, 4) is 5.75 Å². The van der Waals surface area contributed by atoms with Gasteiger partial charge in [-0.15, -0.1) is 0 Å². The van der Waals surface area contributed by atoms with E-state index in [9.17, 15) is 9.90 Å². The quantitative estimate of drug-likeness (QED) is 0.678. The summed E-state index contributed by atoms with van der Waals surface area (Å²) in [4.78, 5) is 11.0. The molecule has 3 N–H and O–H groups in total. The molecule has 0 spiro atoms. The Labute approximate surface area is 156 Å². The summed E-state index contributed by atoms with van der Waals surface area (Å²) >= 11 is 0. The van der Waals surface area contributed by atoms with Crippen LogP contribution in [0.25, 0.3) is 0 Å². The first-order chi connectivity index (χ1) is 12.3. The van der Waals surface area contributed by atoms with Gasteiger partial charge < -0.3 is 15.5 Å². The number of carboxylic acids is 1. The Kier molecular flexibility index (Phi) is 8.86. The number of phenolic OH excluding ortho intramolecular Hbond substituents is 1. The van der Waals surface area contributed by atoms with Crippen molar-refractivity contribution in [2.24, 2.45) is 0 Å². The van der Waals surface area contributed by atoms with Crippen LogP contribution in [-0.4, -0.2) is 28.3 Å². The van der Waals surface area contributed by atoms with Gasteiger partial charge in [0.05, 0.1) is 5.56 Å². The van der Waals surface area contributed by atoms with Crippen LogP contribution in [0.2, 0.25) is 0 Å². The number of aromatic carboxylic acids is 1. The van der Waals surface area contributed by atoms with Crippen LogP contribution in [0.4, 0.5) is 0 Å². The molecule has 0 aliphatic heterocycles. The fraction of sp³-hybridized carbons (Fsp3) is 0.409. The summed E-state index contributed by atoms with van der Waals surface area (Å²) in [6.07, 6.45) is 0.792. The van der Waals surface area contributed by atoms with Gasteiger partial charge >= 0.3 is 5.97 Å². The van der Waals surface area contributed by atoms with E-state index in [-0.39, 0.29) is 17.2 Å². The molecule has 1 atom stereocenters. The monoisotopic (exact) mass is 357 g/mol. The molecule has 4 nitrogen and oxygen atoms in total. The molecule has 0 amide bonds. The Balaban J connectivity index is 0.000000412. The first kappa shape index (κ1) is 21.7. The van der Waals surface area contributed by atoms with Gasteiger partial charge in [-0.2, -0.15) is 0 Å². The molecule has 0 aromatic heterocycles. The summed E-state index contributed by atoms with van der Waals surface area (Å²) in [6, 6.07) is 15.5. The van der Waals surface area contributed by atoms with Crippen LogP contribution in [-0.2, 0) is 0 Å². The van der Waals surface area contributed by atoms with E-state index in [2.05, 4.69) is 33.0 Å². The van der Waals surface area contributed by atoms with Gasteiger partial charge in [-0.3, -0.25) is 0 Å². The van der Waals surface area contributed by atoms with Gasteiger partial charge in [0.2, 0.25) is 0 Å². The second-order valence-electron chi connectivity index (χ2n) is 6.93. The maximum Gasteiger partial charge on any atom is 0.335 e. The zero-order chi connectivity index (χ0) is 19.7. The summed E-state index contributed by atoms with van der Waals surface area (Å²) in [6.45, 7) is 10.6. The number of hydrogen-bond acceptors (Lipinski definition) is 3. The Morgan fingerprint density at radius 1 is 1.00 bits per heavy atom. The van der Waals surface area contributed by atoms with Crippen LogP contribution >= 0.6 is 0 Å². The third-order valence-corrected chi connectivity index (χ3v) is 3.93. The maximum absolute atomic E-state index is 11.0. The lowest BCUT2D eigenvalue weighted by atomic mass is 9.87. The van der Waals surface area contributed by atoms with Crippen LogP contribution < -0.4 is 5.32 Å². The van der Waals surface area contributed by atoms with Crippen molar-refractivity contribution >= 4 is 5.97 Å². The molecule has 4 heteroatoms. The highest BCUT2D eigenvalue weighted by Gasteiger charge is 2.17. The second kappa shape index (κ2) is 10.6. The fourth-order valence-corrected chi connectivity index (χ4v) is 2.95. The number of phenols is 1. The molecule has 2 aromatic carbocycles. The first-order valence-corrected chi connectivity index (χ1v) is 9.13. The molecule has 0 saturated carbocycles. The standard InChI is InChI=1S/C16H16O3.C6H15N/c1-2-13(11-6-4-3-5-7-11)14-10-12(16(18)19)8-9-15(14)17;1-5(2)7-6(3)4/h3-10,13,17H,2H2,1H3,(H,18,19);5-7H,1-4H3/t13-;/m1./s1. The van der Waals surface area contributed by atoms with Crippen molar-refractivity contribution in [1.29, 1.82) is 0 Å². The number of nitrogens with one attached hydrogen (secondary N) is 1. The number of aromatic hydroxyl groups is 1. The third kappa shape index (κ3) is 6.89. The molecule has 0 radical (unpaired) electrons. The van der Waals surface area contributed by atoms with Crippen molar-refractivity contribution < 1.29 is 15.0 Å². The zero-order valence-corrected chi connectivity index (χ0v) is 16.4. The topological polar surface area (TPSA) is 69.6 Å².